The molecule has 0 saturated heterocycles. The van der Waals surface area contributed by atoms with E-state index in [-0.39, 0.29) is 35.6 Å². The van der Waals surface area contributed by atoms with Crippen LogP contribution in [0.1, 0.15) is 28.9 Å². The van der Waals surface area contributed by atoms with Crippen LogP contribution in [0.25, 0.3) is 0 Å². The normalized spacial score (nSPS) is 11.4. The molecule has 0 aliphatic rings. The second-order valence-electron chi connectivity index (χ2n) is 5.66. The first kappa shape index (κ1) is 20.7. The van der Waals surface area contributed by atoms with Gasteiger partial charge in [0.1, 0.15) is 0 Å². The topological polar surface area (TPSA) is 100 Å². The average molecular weight is 409 g/mol. The van der Waals surface area contributed by atoms with Crippen LogP contribution in [0.15, 0.2) is 42.7 Å². The Morgan fingerprint density at radius 2 is 1.81 bits per heavy atom. The van der Waals surface area contributed by atoms with E-state index in [1.165, 1.54) is 18.2 Å². The number of carbonyl (C=O) groups excluding carboxylic acids is 3. The number of aromatic nitrogens is 1. The summed E-state index contributed by atoms with van der Waals surface area (Å²) in [6, 6.07) is 7.80. The molecule has 1 aromatic heterocycles. The summed E-state index contributed by atoms with van der Waals surface area (Å²) in [6.07, 6.45) is 3.30. The maximum atomic E-state index is 12.0. The number of amides is 3. The van der Waals surface area contributed by atoms with Crippen molar-refractivity contribution in [3.05, 3.63) is 63.9 Å². The molecular formula is C18H18Cl2N4O3. The number of rotatable bonds is 7. The minimum Gasteiger partial charge on any atom is -0.348 e. The van der Waals surface area contributed by atoms with Crippen molar-refractivity contribution in [1.82, 2.24) is 20.9 Å². The molecule has 27 heavy (non-hydrogen) atoms. The number of hydrogen-bond acceptors (Lipinski definition) is 4. The third kappa shape index (κ3) is 6.54. The molecule has 0 bridgehead atoms. The highest BCUT2D eigenvalue weighted by molar-refractivity contribution is 6.36. The number of halogens is 2. The number of benzene rings is 1. The molecular weight excluding hydrogens is 391 g/mol. The Kier molecular flexibility index (Phi) is 7.57. The lowest BCUT2D eigenvalue weighted by molar-refractivity contribution is -0.125. The van der Waals surface area contributed by atoms with Crippen LogP contribution in [0, 0.1) is 0 Å². The molecule has 0 radical (unpaired) electrons. The molecule has 1 unspecified atom stereocenters. The zero-order chi connectivity index (χ0) is 19.8. The molecule has 2 aromatic rings. The summed E-state index contributed by atoms with van der Waals surface area (Å²) in [6.45, 7) is 1.32. The maximum Gasteiger partial charge on any atom is 0.253 e. The van der Waals surface area contributed by atoms with E-state index in [0.717, 1.165) is 5.56 Å². The summed E-state index contributed by atoms with van der Waals surface area (Å²) in [7, 11) is 0. The fraction of sp³-hybridized carbons (Fsp3) is 0.222. The summed E-state index contributed by atoms with van der Waals surface area (Å²) in [5.41, 5.74) is 1.06. The Hall–Kier alpha value is -2.64. The standard InChI is InChI=1S/C18H18Cl2N4O3/c1-11(12-3-2-6-21-8-12)24-17(26)10-22-16(25)9-23-18(27)14-5-4-13(19)7-15(14)20/h2-8,11H,9-10H2,1H3,(H,22,25)(H,23,27)(H,24,26). The first-order valence-corrected chi connectivity index (χ1v) is 8.81. The van der Waals surface area contributed by atoms with Crippen molar-refractivity contribution in [3.8, 4) is 0 Å². The predicted octanol–water partition coefficient (Wildman–Crippen LogP) is 2.11. The van der Waals surface area contributed by atoms with Crippen molar-refractivity contribution < 1.29 is 14.4 Å². The van der Waals surface area contributed by atoms with Gasteiger partial charge in [0.2, 0.25) is 11.8 Å². The van der Waals surface area contributed by atoms with Crippen molar-refractivity contribution in [2.24, 2.45) is 0 Å². The first-order chi connectivity index (χ1) is 12.9. The third-order valence-corrected chi connectivity index (χ3v) is 4.14. The van der Waals surface area contributed by atoms with Gasteiger partial charge in [0.05, 0.1) is 29.7 Å². The highest BCUT2D eigenvalue weighted by atomic mass is 35.5. The lowest BCUT2D eigenvalue weighted by Gasteiger charge is -2.14. The molecule has 9 heteroatoms. The largest absolute Gasteiger partial charge is 0.348 e. The SMILES string of the molecule is CC(NC(=O)CNC(=O)CNC(=O)c1ccc(Cl)cc1Cl)c1cccnc1. The van der Waals surface area contributed by atoms with Crippen molar-refractivity contribution in [2.45, 2.75) is 13.0 Å². The van der Waals surface area contributed by atoms with E-state index in [1.54, 1.807) is 18.5 Å². The number of nitrogens with one attached hydrogen (secondary N) is 3. The van der Waals surface area contributed by atoms with E-state index in [2.05, 4.69) is 20.9 Å². The quantitative estimate of drug-likeness (QED) is 0.652. The van der Waals surface area contributed by atoms with Gasteiger partial charge in [0, 0.05) is 17.4 Å². The summed E-state index contributed by atoms with van der Waals surface area (Å²) in [4.78, 5) is 39.7. The van der Waals surface area contributed by atoms with Gasteiger partial charge in [-0.3, -0.25) is 19.4 Å². The lowest BCUT2D eigenvalue weighted by Crippen LogP contribution is -2.42. The number of carbonyl (C=O) groups is 3. The van der Waals surface area contributed by atoms with Crippen molar-refractivity contribution >= 4 is 40.9 Å². The summed E-state index contributed by atoms with van der Waals surface area (Å²) in [5.74, 6) is -1.37. The van der Waals surface area contributed by atoms with E-state index >= 15 is 0 Å². The van der Waals surface area contributed by atoms with Gasteiger partial charge in [-0.2, -0.15) is 0 Å². The molecule has 142 valence electrons. The van der Waals surface area contributed by atoms with Gasteiger partial charge >= 0.3 is 0 Å². The molecule has 1 aromatic carbocycles. The predicted molar refractivity (Wildman–Crippen MR) is 103 cm³/mol. The van der Waals surface area contributed by atoms with E-state index in [0.29, 0.717) is 5.02 Å². The molecule has 0 aliphatic carbocycles. The van der Waals surface area contributed by atoms with Gasteiger partial charge in [0.25, 0.3) is 5.91 Å². The van der Waals surface area contributed by atoms with Gasteiger partial charge in [-0.1, -0.05) is 29.3 Å². The van der Waals surface area contributed by atoms with E-state index in [4.69, 9.17) is 23.2 Å². The van der Waals surface area contributed by atoms with Crippen LogP contribution < -0.4 is 16.0 Å². The Balaban J connectivity index is 1.74. The molecule has 0 fully saturated rings. The highest BCUT2D eigenvalue weighted by Crippen LogP contribution is 2.20. The summed E-state index contributed by atoms with van der Waals surface area (Å²) in [5, 5.41) is 8.20. The fourth-order valence-corrected chi connectivity index (χ4v) is 2.67. The van der Waals surface area contributed by atoms with Crippen molar-refractivity contribution in [2.75, 3.05) is 13.1 Å². The zero-order valence-corrected chi connectivity index (χ0v) is 16.0. The smallest absolute Gasteiger partial charge is 0.253 e. The van der Waals surface area contributed by atoms with Crippen LogP contribution >= 0.6 is 23.2 Å². The van der Waals surface area contributed by atoms with Gasteiger partial charge in [-0.15, -0.1) is 0 Å². The maximum absolute atomic E-state index is 12.0. The second-order valence-corrected chi connectivity index (χ2v) is 6.50. The van der Waals surface area contributed by atoms with Crippen LogP contribution in [0.2, 0.25) is 10.0 Å². The number of pyridine rings is 1. The van der Waals surface area contributed by atoms with E-state index in [1.807, 2.05) is 13.0 Å². The van der Waals surface area contributed by atoms with Crippen LogP contribution in [0.3, 0.4) is 0 Å². The van der Waals surface area contributed by atoms with Crippen LogP contribution in [-0.4, -0.2) is 35.8 Å². The highest BCUT2D eigenvalue weighted by Gasteiger charge is 2.13. The molecule has 1 atom stereocenters. The van der Waals surface area contributed by atoms with Gasteiger partial charge < -0.3 is 16.0 Å². The molecule has 0 spiro atoms. The van der Waals surface area contributed by atoms with Crippen molar-refractivity contribution in [1.29, 1.82) is 0 Å². The van der Waals surface area contributed by atoms with Gasteiger partial charge in [0.15, 0.2) is 0 Å². The van der Waals surface area contributed by atoms with Crippen molar-refractivity contribution in [3.63, 3.8) is 0 Å². The van der Waals surface area contributed by atoms with Gasteiger partial charge in [-0.25, -0.2) is 0 Å². The number of nitrogens with zero attached hydrogens (tertiary/aromatic N) is 1. The minimum atomic E-state index is -0.513. The molecule has 0 saturated carbocycles. The second kappa shape index (κ2) is 9.89. The molecule has 3 N–H and O–H groups in total. The summed E-state index contributed by atoms with van der Waals surface area (Å²) >= 11 is 11.7. The Bertz CT molecular complexity index is 831. The Morgan fingerprint density at radius 1 is 1.07 bits per heavy atom. The minimum absolute atomic E-state index is 0.184. The van der Waals surface area contributed by atoms with Crippen LogP contribution in [0.5, 0.6) is 0 Å². The average Bonchev–Trinajstić information content (AvgIpc) is 2.65. The summed E-state index contributed by atoms with van der Waals surface area (Å²) < 4.78 is 0. The first-order valence-electron chi connectivity index (χ1n) is 8.06. The Labute approximate surface area is 166 Å². The van der Waals surface area contributed by atoms with Crippen LogP contribution in [-0.2, 0) is 9.59 Å². The monoisotopic (exact) mass is 408 g/mol. The molecule has 3 amide bonds. The number of hydrogen-bond donors (Lipinski definition) is 3. The lowest BCUT2D eigenvalue weighted by atomic mass is 10.1. The van der Waals surface area contributed by atoms with E-state index < -0.39 is 11.8 Å². The molecule has 1 heterocycles. The fourth-order valence-electron chi connectivity index (χ4n) is 2.18. The molecule has 2 rings (SSSR count). The third-order valence-electron chi connectivity index (χ3n) is 3.59. The van der Waals surface area contributed by atoms with Crippen LogP contribution in [0.4, 0.5) is 0 Å². The molecule has 0 aliphatic heterocycles. The van der Waals surface area contributed by atoms with E-state index in [9.17, 15) is 14.4 Å². The molecule has 7 nitrogen and oxygen atoms in total. The van der Waals surface area contributed by atoms with Gasteiger partial charge in [-0.05, 0) is 36.8 Å². The zero-order valence-electron chi connectivity index (χ0n) is 14.5. The Morgan fingerprint density at radius 3 is 2.48 bits per heavy atom.